The molecule has 0 bridgehead atoms. The molecule has 0 aliphatic rings. The van der Waals surface area contributed by atoms with Crippen molar-refractivity contribution in [2.24, 2.45) is 0 Å². The Balaban J connectivity index is 2.83. The van der Waals surface area contributed by atoms with Crippen LogP contribution >= 0.6 is 0 Å². The van der Waals surface area contributed by atoms with Gasteiger partial charge in [0.1, 0.15) is 0 Å². The van der Waals surface area contributed by atoms with Crippen molar-refractivity contribution in [3.05, 3.63) is 34.6 Å². The zero-order chi connectivity index (χ0) is 14.3. The molecule has 102 valence electrons. The first-order valence-electron chi connectivity index (χ1n) is 5.15. The molecule has 0 saturated heterocycles. The molecule has 0 aliphatic heterocycles. The molecule has 1 aromatic heterocycles. The smallest absolute Gasteiger partial charge is 0.200 e. The number of aromatic nitrogens is 1. The van der Waals surface area contributed by atoms with Crippen LogP contribution in [0.3, 0.4) is 0 Å². The van der Waals surface area contributed by atoms with E-state index in [1.165, 1.54) is 0 Å². The van der Waals surface area contributed by atoms with Crippen LogP contribution in [0.25, 0.3) is 11.3 Å². The Hall–Kier alpha value is -2.12. The number of anilines is 1. The first kappa shape index (κ1) is 13.3. The SMILES string of the molecule is CCc1c(N)noc1-c1c(F)c(F)c(F)c(F)c1F. The Morgan fingerprint density at radius 3 is 1.89 bits per heavy atom. The summed E-state index contributed by atoms with van der Waals surface area (Å²) in [6.45, 7) is 1.57. The van der Waals surface area contributed by atoms with Crippen molar-refractivity contribution in [1.82, 2.24) is 5.16 Å². The van der Waals surface area contributed by atoms with Gasteiger partial charge in [-0.05, 0) is 6.42 Å². The normalized spacial score (nSPS) is 11.1. The summed E-state index contributed by atoms with van der Waals surface area (Å²) in [6, 6.07) is 0. The maximum Gasteiger partial charge on any atom is 0.200 e. The first-order valence-corrected chi connectivity index (χ1v) is 5.15. The second-order valence-corrected chi connectivity index (χ2v) is 3.67. The van der Waals surface area contributed by atoms with Crippen molar-refractivity contribution in [3.8, 4) is 11.3 Å². The van der Waals surface area contributed by atoms with Crippen molar-refractivity contribution in [3.63, 3.8) is 0 Å². The van der Waals surface area contributed by atoms with E-state index in [1.54, 1.807) is 6.92 Å². The molecule has 0 spiro atoms. The highest BCUT2D eigenvalue weighted by atomic mass is 19.2. The highest BCUT2D eigenvalue weighted by molar-refractivity contribution is 5.67. The molecule has 2 aromatic rings. The minimum Gasteiger partial charge on any atom is -0.381 e. The number of nitrogens with zero attached hydrogens (tertiary/aromatic N) is 1. The van der Waals surface area contributed by atoms with Crippen LogP contribution in [0.1, 0.15) is 12.5 Å². The molecule has 2 rings (SSSR count). The molecule has 1 aromatic carbocycles. The molecule has 0 radical (unpaired) electrons. The fourth-order valence-corrected chi connectivity index (χ4v) is 1.66. The maximum atomic E-state index is 13.6. The fourth-order valence-electron chi connectivity index (χ4n) is 1.66. The van der Waals surface area contributed by atoms with Gasteiger partial charge in [-0.2, -0.15) is 0 Å². The van der Waals surface area contributed by atoms with Crippen molar-refractivity contribution in [2.75, 3.05) is 5.73 Å². The van der Waals surface area contributed by atoms with Gasteiger partial charge in [-0.3, -0.25) is 0 Å². The number of rotatable bonds is 2. The predicted molar refractivity (Wildman–Crippen MR) is 55.5 cm³/mol. The predicted octanol–water partition coefficient (Wildman–Crippen LogP) is 3.18. The Labute approximate surface area is 103 Å². The fraction of sp³-hybridized carbons (Fsp3) is 0.182. The van der Waals surface area contributed by atoms with Gasteiger partial charge >= 0.3 is 0 Å². The van der Waals surface area contributed by atoms with Gasteiger partial charge in [-0.15, -0.1) is 0 Å². The molecule has 8 heteroatoms. The minimum absolute atomic E-state index is 0.0724. The summed E-state index contributed by atoms with van der Waals surface area (Å²) in [5, 5.41) is 3.26. The van der Waals surface area contributed by atoms with Gasteiger partial charge in [0.15, 0.2) is 34.8 Å². The molecule has 0 atom stereocenters. The highest BCUT2D eigenvalue weighted by Gasteiger charge is 2.30. The molecule has 0 amide bonds. The van der Waals surface area contributed by atoms with E-state index in [0.29, 0.717) is 0 Å². The Morgan fingerprint density at radius 1 is 0.947 bits per heavy atom. The average molecular weight is 278 g/mol. The Bertz CT molecular complexity index is 624. The lowest BCUT2D eigenvalue weighted by Crippen LogP contribution is -2.04. The monoisotopic (exact) mass is 278 g/mol. The summed E-state index contributed by atoms with van der Waals surface area (Å²) in [7, 11) is 0. The van der Waals surface area contributed by atoms with Crippen molar-refractivity contribution in [1.29, 1.82) is 0 Å². The molecule has 0 fully saturated rings. The second-order valence-electron chi connectivity index (χ2n) is 3.67. The largest absolute Gasteiger partial charge is 0.381 e. The van der Waals surface area contributed by atoms with E-state index in [-0.39, 0.29) is 17.8 Å². The van der Waals surface area contributed by atoms with Crippen molar-refractivity contribution in [2.45, 2.75) is 13.3 Å². The molecule has 2 N–H and O–H groups in total. The van der Waals surface area contributed by atoms with E-state index < -0.39 is 40.4 Å². The summed E-state index contributed by atoms with van der Waals surface area (Å²) in [5.74, 6) is -11.0. The lowest BCUT2D eigenvalue weighted by Gasteiger charge is -2.06. The van der Waals surface area contributed by atoms with Gasteiger partial charge in [0, 0.05) is 5.56 Å². The van der Waals surface area contributed by atoms with Crippen LogP contribution in [0, 0.1) is 29.1 Å². The number of nitrogen functional groups attached to an aromatic ring is 1. The van der Waals surface area contributed by atoms with E-state index >= 15 is 0 Å². The number of benzene rings is 1. The molecule has 1 heterocycles. The molecular formula is C11H7F5N2O. The Kier molecular flexibility index (Phi) is 3.17. The van der Waals surface area contributed by atoms with Crippen molar-refractivity contribution < 1.29 is 26.5 Å². The van der Waals surface area contributed by atoms with Crippen LogP contribution < -0.4 is 5.73 Å². The third-order valence-electron chi connectivity index (χ3n) is 2.61. The van der Waals surface area contributed by atoms with Crippen LogP contribution in [0.15, 0.2) is 4.52 Å². The zero-order valence-corrected chi connectivity index (χ0v) is 9.53. The molecule has 0 aliphatic carbocycles. The van der Waals surface area contributed by atoms with E-state index in [4.69, 9.17) is 5.73 Å². The number of halogens is 5. The maximum absolute atomic E-state index is 13.6. The Morgan fingerprint density at radius 2 is 1.42 bits per heavy atom. The van der Waals surface area contributed by atoms with Crippen molar-refractivity contribution >= 4 is 5.82 Å². The zero-order valence-electron chi connectivity index (χ0n) is 9.53. The minimum atomic E-state index is -2.23. The van der Waals surface area contributed by atoms with Gasteiger partial charge in [-0.25, -0.2) is 22.0 Å². The quantitative estimate of drug-likeness (QED) is 0.521. The number of nitrogens with two attached hydrogens (primary N) is 1. The average Bonchev–Trinajstić information content (AvgIpc) is 2.75. The highest BCUT2D eigenvalue weighted by Crippen LogP contribution is 2.35. The van der Waals surface area contributed by atoms with Gasteiger partial charge in [0.25, 0.3) is 0 Å². The summed E-state index contributed by atoms with van der Waals surface area (Å²) < 4.78 is 70.8. The number of hydrogen-bond acceptors (Lipinski definition) is 3. The molecule has 19 heavy (non-hydrogen) atoms. The van der Waals surface area contributed by atoms with E-state index in [0.717, 1.165) is 0 Å². The van der Waals surface area contributed by atoms with Gasteiger partial charge in [0.2, 0.25) is 5.82 Å². The van der Waals surface area contributed by atoms with Gasteiger partial charge in [-0.1, -0.05) is 12.1 Å². The summed E-state index contributed by atoms with van der Waals surface area (Å²) in [5.41, 5.74) is 4.29. The van der Waals surface area contributed by atoms with Crippen LogP contribution in [0.4, 0.5) is 27.8 Å². The summed E-state index contributed by atoms with van der Waals surface area (Å²) in [4.78, 5) is 0. The van der Waals surface area contributed by atoms with E-state index in [9.17, 15) is 22.0 Å². The van der Waals surface area contributed by atoms with E-state index in [2.05, 4.69) is 9.68 Å². The molecular weight excluding hydrogens is 271 g/mol. The van der Waals surface area contributed by atoms with Crippen LogP contribution in [-0.2, 0) is 6.42 Å². The van der Waals surface area contributed by atoms with Gasteiger partial charge in [0.05, 0.1) is 5.56 Å². The number of hydrogen-bond donors (Lipinski definition) is 1. The molecule has 0 unspecified atom stereocenters. The standard InChI is InChI=1S/C11H7F5N2O/c1-2-3-10(19-18-11(3)17)4-5(12)7(14)9(16)8(15)6(4)13/h2H2,1H3,(H2,17,18). The van der Waals surface area contributed by atoms with Crippen LogP contribution in [-0.4, -0.2) is 5.16 Å². The second kappa shape index (κ2) is 4.52. The first-order chi connectivity index (χ1) is 8.90. The lowest BCUT2D eigenvalue weighted by atomic mass is 10.0. The van der Waals surface area contributed by atoms with Gasteiger partial charge < -0.3 is 10.3 Å². The summed E-state index contributed by atoms with van der Waals surface area (Å²) in [6.07, 6.45) is 0.157. The molecule has 0 saturated carbocycles. The lowest BCUT2D eigenvalue weighted by molar-refractivity contribution is 0.373. The third-order valence-corrected chi connectivity index (χ3v) is 2.61. The van der Waals surface area contributed by atoms with E-state index in [1.807, 2.05) is 0 Å². The summed E-state index contributed by atoms with van der Waals surface area (Å²) >= 11 is 0. The topological polar surface area (TPSA) is 52.0 Å². The molecule has 3 nitrogen and oxygen atoms in total. The third kappa shape index (κ3) is 1.83. The van der Waals surface area contributed by atoms with Crippen LogP contribution in [0.2, 0.25) is 0 Å². The van der Waals surface area contributed by atoms with Crippen LogP contribution in [0.5, 0.6) is 0 Å².